The molecule has 1 fully saturated rings. The lowest BCUT2D eigenvalue weighted by molar-refractivity contribution is -0.132. The van der Waals surface area contributed by atoms with Crippen LogP contribution >= 0.6 is 11.3 Å². The van der Waals surface area contributed by atoms with Crippen LogP contribution < -0.4 is 15.4 Å². The first-order valence-corrected chi connectivity index (χ1v) is 10.7. The van der Waals surface area contributed by atoms with Crippen molar-refractivity contribution in [1.29, 1.82) is 0 Å². The summed E-state index contributed by atoms with van der Waals surface area (Å²) in [5.41, 5.74) is 1.25. The molecule has 0 radical (unpaired) electrons. The molecule has 0 saturated carbocycles. The lowest BCUT2D eigenvalue weighted by Crippen LogP contribution is -2.32. The first kappa shape index (κ1) is 20.9. The smallest absolute Gasteiger partial charge is 0.260 e. The van der Waals surface area contributed by atoms with Gasteiger partial charge in [-0.1, -0.05) is 6.07 Å². The third kappa shape index (κ3) is 6.60. The average Bonchev–Trinajstić information content (AvgIpc) is 3.43. The number of ether oxygens (including phenoxy) is 1. The van der Waals surface area contributed by atoms with E-state index in [-0.39, 0.29) is 24.3 Å². The average molecular weight is 416 g/mol. The van der Waals surface area contributed by atoms with Crippen molar-refractivity contribution in [2.45, 2.75) is 25.7 Å². The molecule has 0 atom stereocenters. The number of thiophene rings is 1. The van der Waals surface area contributed by atoms with Gasteiger partial charge in [0.25, 0.3) is 11.8 Å². The SMILES string of the molecule is O=C(CCCNC(=O)c1ccsc1)Nc1cccc(OCC(=O)N2CCCC2)c1. The molecule has 1 saturated heterocycles. The van der Waals surface area contributed by atoms with Crippen LogP contribution in [0.3, 0.4) is 0 Å². The van der Waals surface area contributed by atoms with Crippen LogP contribution in [0.2, 0.25) is 0 Å². The Hall–Kier alpha value is -2.87. The predicted octanol–water partition coefficient (Wildman–Crippen LogP) is 2.90. The third-order valence-electron chi connectivity index (χ3n) is 4.59. The number of benzene rings is 1. The highest BCUT2D eigenvalue weighted by Gasteiger charge is 2.18. The number of rotatable bonds is 9. The highest BCUT2D eigenvalue weighted by molar-refractivity contribution is 7.08. The van der Waals surface area contributed by atoms with Crippen molar-refractivity contribution < 1.29 is 19.1 Å². The molecule has 0 unspecified atom stereocenters. The summed E-state index contributed by atoms with van der Waals surface area (Å²) in [6.07, 6.45) is 2.93. The molecule has 2 aromatic rings. The number of nitrogens with zero attached hydrogens (tertiary/aromatic N) is 1. The molecule has 1 aliphatic heterocycles. The minimum Gasteiger partial charge on any atom is -0.484 e. The largest absolute Gasteiger partial charge is 0.484 e. The lowest BCUT2D eigenvalue weighted by atomic mass is 10.2. The maximum Gasteiger partial charge on any atom is 0.260 e. The van der Waals surface area contributed by atoms with Crippen molar-refractivity contribution in [3.8, 4) is 5.75 Å². The molecule has 29 heavy (non-hydrogen) atoms. The molecular weight excluding hydrogens is 390 g/mol. The van der Waals surface area contributed by atoms with Gasteiger partial charge >= 0.3 is 0 Å². The van der Waals surface area contributed by atoms with Gasteiger partial charge in [0, 0.05) is 48.8 Å². The Kier molecular flexibility index (Phi) is 7.63. The van der Waals surface area contributed by atoms with Crippen molar-refractivity contribution >= 4 is 34.7 Å². The van der Waals surface area contributed by atoms with E-state index >= 15 is 0 Å². The molecule has 1 aliphatic rings. The van der Waals surface area contributed by atoms with Crippen LogP contribution in [0.25, 0.3) is 0 Å². The van der Waals surface area contributed by atoms with Gasteiger partial charge in [0.1, 0.15) is 5.75 Å². The standard InChI is InChI=1S/C21H25N3O4S/c25-19(7-4-9-22-21(27)16-8-12-29-15-16)23-17-5-3-6-18(13-17)28-14-20(26)24-10-1-2-11-24/h3,5-6,8,12-13,15H,1-2,4,7,9-11,14H2,(H,22,27)(H,23,25). The van der Waals surface area contributed by atoms with Crippen molar-refractivity contribution in [2.24, 2.45) is 0 Å². The molecule has 2 heterocycles. The number of carbonyl (C=O) groups is 3. The second kappa shape index (κ2) is 10.6. The van der Waals surface area contributed by atoms with E-state index in [0.717, 1.165) is 25.9 Å². The van der Waals surface area contributed by atoms with E-state index in [4.69, 9.17) is 4.74 Å². The summed E-state index contributed by atoms with van der Waals surface area (Å²) in [5.74, 6) is 0.264. The fourth-order valence-corrected chi connectivity index (χ4v) is 3.67. The van der Waals surface area contributed by atoms with Crippen LogP contribution in [0.15, 0.2) is 41.1 Å². The van der Waals surface area contributed by atoms with E-state index in [1.807, 2.05) is 10.3 Å². The zero-order valence-corrected chi connectivity index (χ0v) is 17.0. The van der Waals surface area contributed by atoms with Crippen molar-refractivity contribution in [2.75, 3.05) is 31.6 Å². The quantitative estimate of drug-likeness (QED) is 0.617. The zero-order chi connectivity index (χ0) is 20.5. The van der Waals surface area contributed by atoms with Gasteiger partial charge in [-0.25, -0.2) is 0 Å². The zero-order valence-electron chi connectivity index (χ0n) is 16.2. The fourth-order valence-electron chi connectivity index (χ4n) is 3.04. The van der Waals surface area contributed by atoms with E-state index in [1.165, 1.54) is 11.3 Å². The molecule has 1 aromatic heterocycles. The van der Waals surface area contributed by atoms with Crippen LogP contribution in [0.5, 0.6) is 5.75 Å². The van der Waals surface area contributed by atoms with Gasteiger partial charge in [-0.2, -0.15) is 11.3 Å². The van der Waals surface area contributed by atoms with Crippen molar-refractivity contribution in [3.63, 3.8) is 0 Å². The highest BCUT2D eigenvalue weighted by atomic mass is 32.1. The number of carbonyl (C=O) groups excluding carboxylic acids is 3. The van der Waals surface area contributed by atoms with Crippen LogP contribution in [-0.4, -0.2) is 48.9 Å². The topological polar surface area (TPSA) is 87.7 Å². The lowest BCUT2D eigenvalue weighted by Gasteiger charge is -2.15. The number of nitrogens with one attached hydrogen (secondary N) is 2. The first-order chi connectivity index (χ1) is 14.1. The summed E-state index contributed by atoms with van der Waals surface area (Å²) in [5, 5.41) is 9.25. The molecule has 3 rings (SSSR count). The van der Waals surface area contributed by atoms with Gasteiger partial charge in [-0.3, -0.25) is 14.4 Å². The fraction of sp³-hybridized carbons (Fsp3) is 0.381. The van der Waals surface area contributed by atoms with Gasteiger partial charge < -0.3 is 20.3 Å². The minimum absolute atomic E-state index is 0.00122. The molecule has 0 bridgehead atoms. The molecule has 7 nitrogen and oxygen atoms in total. The second-order valence-electron chi connectivity index (χ2n) is 6.82. The van der Waals surface area contributed by atoms with E-state index in [1.54, 1.807) is 35.7 Å². The Morgan fingerprint density at radius 1 is 1.14 bits per heavy atom. The summed E-state index contributed by atoms with van der Waals surface area (Å²) in [4.78, 5) is 37.8. The predicted molar refractivity (Wildman–Crippen MR) is 112 cm³/mol. The molecular formula is C21H25N3O4S. The van der Waals surface area contributed by atoms with Gasteiger partial charge in [-0.15, -0.1) is 0 Å². The number of amides is 3. The number of hydrogen-bond acceptors (Lipinski definition) is 5. The summed E-state index contributed by atoms with van der Waals surface area (Å²) >= 11 is 1.47. The first-order valence-electron chi connectivity index (χ1n) is 9.73. The summed E-state index contributed by atoms with van der Waals surface area (Å²) in [6.45, 7) is 2.03. The molecule has 0 aliphatic carbocycles. The molecule has 1 aromatic carbocycles. The third-order valence-corrected chi connectivity index (χ3v) is 5.27. The van der Waals surface area contributed by atoms with Crippen LogP contribution in [0, 0.1) is 0 Å². The van der Waals surface area contributed by atoms with Crippen molar-refractivity contribution in [1.82, 2.24) is 10.2 Å². The molecule has 154 valence electrons. The molecule has 3 amide bonds. The van der Waals surface area contributed by atoms with Crippen LogP contribution in [-0.2, 0) is 9.59 Å². The van der Waals surface area contributed by atoms with E-state index in [2.05, 4.69) is 10.6 Å². The monoisotopic (exact) mass is 415 g/mol. The van der Waals surface area contributed by atoms with E-state index in [9.17, 15) is 14.4 Å². The number of anilines is 1. The van der Waals surface area contributed by atoms with Gasteiger partial charge in [0.05, 0.1) is 0 Å². The minimum atomic E-state index is -0.139. The Morgan fingerprint density at radius 2 is 1.97 bits per heavy atom. The van der Waals surface area contributed by atoms with E-state index in [0.29, 0.717) is 36.4 Å². The number of likely N-dealkylation sites (tertiary alicyclic amines) is 1. The maximum absolute atomic E-state index is 12.1. The van der Waals surface area contributed by atoms with Crippen molar-refractivity contribution in [3.05, 3.63) is 46.7 Å². The summed E-state index contributed by atoms with van der Waals surface area (Å²) in [7, 11) is 0. The normalized spacial score (nSPS) is 13.2. The van der Waals surface area contributed by atoms with Gasteiger partial charge in [0.15, 0.2) is 6.61 Å². The van der Waals surface area contributed by atoms with Crippen LogP contribution in [0.1, 0.15) is 36.0 Å². The molecule has 0 spiro atoms. The van der Waals surface area contributed by atoms with E-state index < -0.39 is 0 Å². The Labute approximate surface area is 174 Å². The second-order valence-corrected chi connectivity index (χ2v) is 7.60. The highest BCUT2D eigenvalue weighted by Crippen LogP contribution is 2.18. The Balaban J connectivity index is 1.37. The summed E-state index contributed by atoms with van der Waals surface area (Å²) < 4.78 is 5.57. The summed E-state index contributed by atoms with van der Waals surface area (Å²) in [6, 6.07) is 8.76. The van der Waals surface area contributed by atoms with Gasteiger partial charge in [-0.05, 0) is 42.8 Å². The molecule has 2 N–H and O–H groups in total. The maximum atomic E-state index is 12.1. The Morgan fingerprint density at radius 3 is 2.72 bits per heavy atom. The van der Waals surface area contributed by atoms with Gasteiger partial charge in [0.2, 0.25) is 5.91 Å². The van der Waals surface area contributed by atoms with Crippen LogP contribution in [0.4, 0.5) is 5.69 Å². The number of hydrogen-bond donors (Lipinski definition) is 2. The Bertz CT molecular complexity index is 832. The molecule has 8 heteroatoms.